The summed E-state index contributed by atoms with van der Waals surface area (Å²) in [5, 5.41) is 0.567. The van der Waals surface area contributed by atoms with Crippen molar-refractivity contribution < 1.29 is 0 Å². The van der Waals surface area contributed by atoms with Gasteiger partial charge in [0.05, 0.1) is 10.7 Å². The molecule has 1 aromatic rings. The smallest absolute Gasteiger partial charge is 0.151 e. The first-order valence-electron chi connectivity index (χ1n) is 4.77. The molecule has 0 aromatic carbocycles. The molecule has 0 saturated carbocycles. The van der Waals surface area contributed by atoms with Crippen LogP contribution in [0.15, 0.2) is 12.3 Å². The van der Waals surface area contributed by atoms with E-state index < -0.39 is 0 Å². The molecule has 0 radical (unpaired) electrons. The van der Waals surface area contributed by atoms with Gasteiger partial charge in [-0.05, 0) is 20.2 Å². The summed E-state index contributed by atoms with van der Waals surface area (Å²) in [4.78, 5) is 8.34. The van der Waals surface area contributed by atoms with Gasteiger partial charge in [0.1, 0.15) is 0 Å². The van der Waals surface area contributed by atoms with Crippen LogP contribution in [0.25, 0.3) is 0 Å². The van der Waals surface area contributed by atoms with E-state index in [4.69, 9.17) is 17.3 Å². The Kier molecular flexibility index (Phi) is 4.17. The number of pyridine rings is 1. The molecule has 84 valence electrons. The number of likely N-dealkylation sites (N-methyl/N-ethyl adjacent to an activating group) is 2. The Hall–Kier alpha value is -1.00. The second kappa shape index (κ2) is 5.19. The van der Waals surface area contributed by atoms with Gasteiger partial charge in [0.2, 0.25) is 0 Å². The van der Waals surface area contributed by atoms with E-state index in [9.17, 15) is 0 Å². The van der Waals surface area contributed by atoms with Gasteiger partial charge in [-0.3, -0.25) is 0 Å². The Balaban J connectivity index is 2.69. The van der Waals surface area contributed by atoms with Crippen LogP contribution < -0.4 is 10.6 Å². The number of nitrogens with two attached hydrogens (primary N) is 1. The summed E-state index contributed by atoms with van der Waals surface area (Å²) in [6, 6.07) is 1.72. The summed E-state index contributed by atoms with van der Waals surface area (Å²) >= 11 is 5.78. The zero-order valence-corrected chi connectivity index (χ0v) is 10.1. The average Bonchev–Trinajstić information content (AvgIpc) is 2.14. The Morgan fingerprint density at radius 2 is 2.00 bits per heavy atom. The molecule has 0 atom stereocenters. The third kappa shape index (κ3) is 3.57. The van der Waals surface area contributed by atoms with Crippen molar-refractivity contribution in [2.75, 3.05) is 44.9 Å². The number of halogens is 1. The van der Waals surface area contributed by atoms with Crippen LogP contribution in [0.3, 0.4) is 0 Å². The molecule has 5 heteroatoms. The Morgan fingerprint density at radius 3 is 2.53 bits per heavy atom. The van der Waals surface area contributed by atoms with Crippen LogP contribution in [-0.4, -0.2) is 44.1 Å². The van der Waals surface area contributed by atoms with Crippen molar-refractivity contribution >= 4 is 23.1 Å². The largest absolute Gasteiger partial charge is 0.396 e. The number of nitrogen functional groups attached to an aromatic ring is 1. The summed E-state index contributed by atoms with van der Waals surface area (Å²) in [5.74, 6) is 0.779. The molecule has 1 heterocycles. The predicted molar refractivity (Wildman–Crippen MR) is 65.5 cm³/mol. The summed E-state index contributed by atoms with van der Waals surface area (Å²) in [7, 11) is 6.04. The zero-order valence-electron chi connectivity index (χ0n) is 9.37. The highest BCUT2D eigenvalue weighted by molar-refractivity contribution is 6.30. The molecule has 0 bridgehead atoms. The third-order valence-electron chi connectivity index (χ3n) is 2.11. The molecule has 4 nitrogen and oxygen atoms in total. The molecule has 0 spiro atoms. The first-order valence-corrected chi connectivity index (χ1v) is 5.15. The Bertz CT molecular complexity index is 327. The summed E-state index contributed by atoms with van der Waals surface area (Å²) in [6.45, 7) is 1.84. The van der Waals surface area contributed by atoms with Crippen LogP contribution in [0, 0.1) is 0 Å². The second-order valence-electron chi connectivity index (χ2n) is 3.79. The first kappa shape index (κ1) is 12.1. The predicted octanol–water partition coefficient (Wildman–Crippen LogP) is 1.31. The Labute approximate surface area is 95.6 Å². The fourth-order valence-corrected chi connectivity index (χ4v) is 1.39. The van der Waals surface area contributed by atoms with Gasteiger partial charge in [-0.1, -0.05) is 11.6 Å². The van der Waals surface area contributed by atoms with Crippen molar-refractivity contribution in [1.82, 2.24) is 9.88 Å². The molecule has 15 heavy (non-hydrogen) atoms. The number of anilines is 2. The maximum atomic E-state index is 5.83. The van der Waals surface area contributed by atoms with Crippen LogP contribution in [0.4, 0.5) is 11.5 Å². The molecule has 0 aliphatic carbocycles. The van der Waals surface area contributed by atoms with E-state index in [1.54, 1.807) is 12.3 Å². The number of nitrogens with zero attached hydrogens (tertiary/aromatic N) is 3. The molecule has 0 saturated heterocycles. The van der Waals surface area contributed by atoms with Crippen molar-refractivity contribution in [3.05, 3.63) is 17.3 Å². The zero-order chi connectivity index (χ0) is 11.4. The maximum absolute atomic E-state index is 5.83. The fraction of sp³-hybridized carbons (Fsp3) is 0.500. The summed E-state index contributed by atoms with van der Waals surface area (Å²) in [5.41, 5.74) is 6.44. The molecule has 0 aliphatic rings. The van der Waals surface area contributed by atoms with Crippen LogP contribution in [0.1, 0.15) is 0 Å². The maximum Gasteiger partial charge on any atom is 0.151 e. The van der Waals surface area contributed by atoms with Gasteiger partial charge in [0, 0.05) is 26.3 Å². The van der Waals surface area contributed by atoms with Crippen molar-refractivity contribution in [3.8, 4) is 0 Å². The van der Waals surface area contributed by atoms with E-state index in [-0.39, 0.29) is 0 Å². The van der Waals surface area contributed by atoms with E-state index in [0.717, 1.165) is 18.9 Å². The lowest BCUT2D eigenvalue weighted by Crippen LogP contribution is -2.29. The normalized spacial score (nSPS) is 10.7. The molecule has 1 aromatic heterocycles. The highest BCUT2D eigenvalue weighted by atomic mass is 35.5. The summed E-state index contributed by atoms with van der Waals surface area (Å²) < 4.78 is 0. The van der Waals surface area contributed by atoms with Crippen molar-refractivity contribution in [2.45, 2.75) is 0 Å². The quantitative estimate of drug-likeness (QED) is 0.844. The number of hydrogen-bond donors (Lipinski definition) is 1. The standard InChI is InChI=1S/C10H17ClN4/c1-14(2)4-5-15(3)10-9(12)6-8(11)7-13-10/h6-7H,4-5,12H2,1-3H3. The third-order valence-corrected chi connectivity index (χ3v) is 2.31. The number of aromatic nitrogens is 1. The molecule has 2 N–H and O–H groups in total. The first-order chi connectivity index (χ1) is 7.00. The lowest BCUT2D eigenvalue weighted by Gasteiger charge is -2.21. The van der Waals surface area contributed by atoms with Crippen LogP contribution in [-0.2, 0) is 0 Å². The van der Waals surface area contributed by atoms with Gasteiger partial charge >= 0.3 is 0 Å². The van der Waals surface area contributed by atoms with Gasteiger partial charge < -0.3 is 15.5 Å². The van der Waals surface area contributed by atoms with Crippen LogP contribution in [0.5, 0.6) is 0 Å². The number of hydrogen-bond acceptors (Lipinski definition) is 4. The van der Waals surface area contributed by atoms with Gasteiger partial charge in [0.25, 0.3) is 0 Å². The molecule has 0 unspecified atom stereocenters. The fourth-order valence-electron chi connectivity index (χ4n) is 1.22. The minimum atomic E-state index is 0.567. The van der Waals surface area contributed by atoms with Crippen molar-refractivity contribution in [2.24, 2.45) is 0 Å². The minimum Gasteiger partial charge on any atom is -0.396 e. The molecule has 0 aliphatic heterocycles. The van der Waals surface area contributed by atoms with E-state index in [2.05, 4.69) is 9.88 Å². The van der Waals surface area contributed by atoms with E-state index in [0.29, 0.717) is 10.7 Å². The molecule has 0 fully saturated rings. The molecule has 1 rings (SSSR count). The summed E-state index contributed by atoms with van der Waals surface area (Å²) in [6.07, 6.45) is 1.61. The van der Waals surface area contributed by atoms with E-state index >= 15 is 0 Å². The SMILES string of the molecule is CN(C)CCN(C)c1ncc(Cl)cc1N. The minimum absolute atomic E-state index is 0.567. The molecular formula is C10H17ClN4. The molecular weight excluding hydrogens is 212 g/mol. The highest BCUT2D eigenvalue weighted by Crippen LogP contribution is 2.21. The average molecular weight is 229 g/mol. The number of rotatable bonds is 4. The second-order valence-corrected chi connectivity index (χ2v) is 4.23. The van der Waals surface area contributed by atoms with Crippen molar-refractivity contribution in [1.29, 1.82) is 0 Å². The Morgan fingerprint density at radius 1 is 1.33 bits per heavy atom. The van der Waals surface area contributed by atoms with Gasteiger partial charge in [-0.15, -0.1) is 0 Å². The van der Waals surface area contributed by atoms with Crippen LogP contribution >= 0.6 is 11.6 Å². The lowest BCUT2D eigenvalue weighted by molar-refractivity contribution is 0.416. The van der Waals surface area contributed by atoms with Gasteiger partial charge in [0.15, 0.2) is 5.82 Å². The lowest BCUT2D eigenvalue weighted by atomic mass is 10.3. The van der Waals surface area contributed by atoms with Crippen molar-refractivity contribution in [3.63, 3.8) is 0 Å². The van der Waals surface area contributed by atoms with Gasteiger partial charge in [-0.2, -0.15) is 0 Å². The molecule has 0 amide bonds. The monoisotopic (exact) mass is 228 g/mol. The van der Waals surface area contributed by atoms with Crippen LogP contribution in [0.2, 0.25) is 5.02 Å². The highest BCUT2D eigenvalue weighted by Gasteiger charge is 2.07. The topological polar surface area (TPSA) is 45.4 Å². The van der Waals surface area contributed by atoms with E-state index in [1.165, 1.54) is 0 Å². The van der Waals surface area contributed by atoms with E-state index in [1.807, 2.05) is 26.0 Å². The van der Waals surface area contributed by atoms with Gasteiger partial charge in [-0.25, -0.2) is 4.98 Å².